The molecule has 0 aromatic heterocycles. The Morgan fingerprint density at radius 1 is 1.05 bits per heavy atom. The molecule has 0 N–H and O–H groups in total. The molecular weight excluding hydrogens is 276 g/mol. The summed E-state index contributed by atoms with van der Waals surface area (Å²) < 4.78 is 0. The summed E-state index contributed by atoms with van der Waals surface area (Å²) in [5.74, 6) is 0.299. The molecule has 0 radical (unpaired) electrons. The second kappa shape index (κ2) is 5.53. The molecule has 108 valence electrons. The highest BCUT2D eigenvalue weighted by Gasteiger charge is 2.28. The van der Waals surface area contributed by atoms with Gasteiger partial charge in [0.25, 0.3) is 0 Å². The van der Waals surface area contributed by atoms with Crippen molar-refractivity contribution in [2.75, 3.05) is 0 Å². The zero-order chi connectivity index (χ0) is 15.7. The lowest BCUT2D eigenvalue weighted by molar-refractivity contribution is 0.545. The van der Waals surface area contributed by atoms with Crippen LogP contribution in [0.4, 0.5) is 5.69 Å². The molecule has 0 fully saturated rings. The monoisotopic (exact) mass is 290 g/mol. The van der Waals surface area contributed by atoms with Gasteiger partial charge >= 0.3 is 0 Å². The summed E-state index contributed by atoms with van der Waals surface area (Å²) in [7, 11) is 0. The molecule has 4 heteroatoms. The smallest absolute Gasteiger partial charge is 0.211 e. The van der Waals surface area contributed by atoms with Crippen LogP contribution >= 0.6 is 0 Å². The van der Waals surface area contributed by atoms with Gasteiger partial charge < -0.3 is 0 Å². The molecule has 1 aliphatic rings. The highest BCUT2D eigenvalue weighted by atomic mass is 16.1. The molecule has 2 aromatic carbocycles. The number of isocyanates is 2. The minimum Gasteiger partial charge on any atom is -0.211 e. The van der Waals surface area contributed by atoms with Crippen molar-refractivity contribution in [3.8, 4) is 0 Å². The van der Waals surface area contributed by atoms with Gasteiger partial charge in [-0.25, -0.2) is 9.59 Å². The van der Waals surface area contributed by atoms with Gasteiger partial charge in [0.2, 0.25) is 12.2 Å². The summed E-state index contributed by atoms with van der Waals surface area (Å²) in [5, 5.41) is 2.14. The number of nitrogens with zero attached hydrogens (tertiary/aromatic N) is 2. The van der Waals surface area contributed by atoms with Crippen molar-refractivity contribution in [2.24, 2.45) is 15.9 Å². The maximum Gasteiger partial charge on any atom is 0.240 e. The zero-order valence-corrected chi connectivity index (χ0v) is 12.3. The third-order valence-corrected chi connectivity index (χ3v) is 4.05. The van der Waals surface area contributed by atoms with Crippen LogP contribution in [-0.4, -0.2) is 12.2 Å². The number of carbonyl (C=O) groups excluding carboxylic acids is 2. The maximum absolute atomic E-state index is 10.8. The Morgan fingerprint density at radius 2 is 1.82 bits per heavy atom. The summed E-state index contributed by atoms with van der Waals surface area (Å²) >= 11 is 0. The molecule has 3 rings (SSSR count). The molecule has 0 saturated carbocycles. The van der Waals surface area contributed by atoms with E-state index in [-0.39, 0.29) is 11.8 Å². The van der Waals surface area contributed by atoms with Crippen LogP contribution in [0.15, 0.2) is 46.0 Å². The second-order valence-electron chi connectivity index (χ2n) is 5.64. The Kier molecular flexibility index (Phi) is 3.56. The van der Waals surface area contributed by atoms with Gasteiger partial charge in [0.1, 0.15) is 0 Å². The van der Waals surface area contributed by atoms with Crippen molar-refractivity contribution in [2.45, 2.75) is 19.8 Å². The van der Waals surface area contributed by atoms with E-state index in [0.29, 0.717) is 11.4 Å². The molecule has 4 nitrogen and oxygen atoms in total. The zero-order valence-electron chi connectivity index (χ0n) is 12.3. The van der Waals surface area contributed by atoms with E-state index in [0.717, 1.165) is 21.9 Å². The number of hydrogen-bond donors (Lipinski definition) is 0. The van der Waals surface area contributed by atoms with Crippen LogP contribution in [-0.2, 0) is 9.59 Å². The van der Waals surface area contributed by atoms with Crippen LogP contribution in [0.25, 0.3) is 16.8 Å². The van der Waals surface area contributed by atoms with E-state index >= 15 is 0 Å². The van der Waals surface area contributed by atoms with Crippen molar-refractivity contribution in [3.05, 3.63) is 47.2 Å². The van der Waals surface area contributed by atoms with Crippen LogP contribution in [0.3, 0.4) is 0 Å². The quantitative estimate of drug-likeness (QED) is 0.627. The fraction of sp³-hybridized carbons (Fsp3) is 0.222. The lowest BCUT2D eigenvalue weighted by Crippen LogP contribution is -2.13. The molecule has 0 aliphatic heterocycles. The summed E-state index contributed by atoms with van der Waals surface area (Å²) in [6.07, 6.45) is 5.06. The van der Waals surface area contributed by atoms with E-state index in [4.69, 9.17) is 0 Å². The first-order valence-corrected chi connectivity index (χ1v) is 7.10. The van der Waals surface area contributed by atoms with Crippen molar-refractivity contribution in [1.29, 1.82) is 0 Å². The first-order valence-electron chi connectivity index (χ1n) is 7.10. The van der Waals surface area contributed by atoms with E-state index in [1.165, 1.54) is 0 Å². The molecule has 1 atom stereocenters. The summed E-state index contributed by atoms with van der Waals surface area (Å²) in [5.41, 5.74) is 3.10. The molecule has 0 spiro atoms. The summed E-state index contributed by atoms with van der Waals surface area (Å²) in [4.78, 5) is 29.1. The molecule has 2 aromatic rings. The second-order valence-corrected chi connectivity index (χ2v) is 5.64. The number of benzene rings is 2. The lowest BCUT2D eigenvalue weighted by atomic mass is 9.78. The van der Waals surface area contributed by atoms with Crippen LogP contribution in [0.1, 0.15) is 30.9 Å². The SMILES string of the molecule is CC(C)C1C(N=C=O)=Cc2c(N=C=O)ccc3cccc1c23. The van der Waals surface area contributed by atoms with E-state index in [9.17, 15) is 9.59 Å². The number of hydrogen-bond acceptors (Lipinski definition) is 4. The number of aliphatic imine (C=N–C) groups is 2. The summed E-state index contributed by atoms with van der Waals surface area (Å²) in [6, 6.07) is 9.78. The Balaban J connectivity index is 2.45. The van der Waals surface area contributed by atoms with Gasteiger partial charge in [-0.05, 0) is 34.4 Å². The van der Waals surface area contributed by atoms with Gasteiger partial charge in [-0.1, -0.05) is 38.1 Å². The van der Waals surface area contributed by atoms with Crippen molar-refractivity contribution >= 4 is 34.7 Å². The Hall–Kier alpha value is -2.80. The number of allylic oxidation sites excluding steroid dienone is 1. The predicted octanol–water partition coefficient (Wildman–Crippen LogP) is 4.24. The molecule has 22 heavy (non-hydrogen) atoms. The van der Waals surface area contributed by atoms with E-state index in [2.05, 4.69) is 23.8 Å². The topological polar surface area (TPSA) is 58.9 Å². The predicted molar refractivity (Wildman–Crippen MR) is 85.4 cm³/mol. The lowest BCUT2D eigenvalue weighted by Gasteiger charge is -2.27. The average molecular weight is 290 g/mol. The van der Waals surface area contributed by atoms with Crippen LogP contribution in [0.5, 0.6) is 0 Å². The fourth-order valence-corrected chi connectivity index (χ4v) is 3.23. The molecule has 1 unspecified atom stereocenters. The van der Waals surface area contributed by atoms with Gasteiger partial charge in [-0.3, -0.25) is 0 Å². The molecule has 0 heterocycles. The third-order valence-electron chi connectivity index (χ3n) is 4.05. The minimum absolute atomic E-state index is 0.0214. The third kappa shape index (κ3) is 2.11. The highest BCUT2D eigenvalue weighted by molar-refractivity contribution is 6.00. The molecular formula is C18H14N2O2. The molecule has 0 amide bonds. The van der Waals surface area contributed by atoms with Gasteiger partial charge in [0.05, 0.1) is 11.4 Å². The van der Waals surface area contributed by atoms with Gasteiger partial charge in [0.15, 0.2) is 0 Å². The van der Waals surface area contributed by atoms with Crippen LogP contribution in [0.2, 0.25) is 0 Å². The average Bonchev–Trinajstić information content (AvgIpc) is 2.50. The fourth-order valence-electron chi connectivity index (χ4n) is 3.23. The standard InChI is InChI=1S/C18H14N2O2/c1-11(2)17-13-5-3-4-12-6-7-15(19-9-21)14(18(12)13)8-16(17)20-10-22/h3-8,11,17H,1-2H3. The number of rotatable bonds is 3. The van der Waals surface area contributed by atoms with Crippen LogP contribution < -0.4 is 0 Å². The van der Waals surface area contributed by atoms with Crippen LogP contribution in [0, 0.1) is 5.92 Å². The Morgan fingerprint density at radius 3 is 2.50 bits per heavy atom. The Labute approximate surface area is 127 Å². The normalized spacial score (nSPS) is 16.0. The Bertz CT molecular complexity index is 883. The van der Waals surface area contributed by atoms with E-state index < -0.39 is 0 Å². The highest BCUT2D eigenvalue weighted by Crippen LogP contribution is 2.45. The first-order chi connectivity index (χ1) is 10.7. The summed E-state index contributed by atoms with van der Waals surface area (Å²) in [6.45, 7) is 4.19. The van der Waals surface area contributed by atoms with E-state index in [1.807, 2.05) is 30.3 Å². The van der Waals surface area contributed by atoms with Gasteiger partial charge in [-0.2, -0.15) is 9.98 Å². The largest absolute Gasteiger partial charge is 0.240 e. The molecule has 0 saturated heterocycles. The van der Waals surface area contributed by atoms with Crippen molar-refractivity contribution in [1.82, 2.24) is 0 Å². The maximum atomic E-state index is 10.8. The van der Waals surface area contributed by atoms with Gasteiger partial charge in [-0.15, -0.1) is 0 Å². The first kappa shape index (κ1) is 14.2. The minimum atomic E-state index is 0.0214. The molecule has 0 bridgehead atoms. The van der Waals surface area contributed by atoms with E-state index in [1.54, 1.807) is 18.2 Å². The molecule has 1 aliphatic carbocycles. The van der Waals surface area contributed by atoms with Crippen molar-refractivity contribution < 1.29 is 9.59 Å². The van der Waals surface area contributed by atoms with Crippen molar-refractivity contribution in [3.63, 3.8) is 0 Å². The van der Waals surface area contributed by atoms with Gasteiger partial charge in [0, 0.05) is 11.5 Å².